The second kappa shape index (κ2) is 7.13. The molecular weight excluding hydrogens is 256 g/mol. The highest BCUT2D eigenvalue weighted by Crippen LogP contribution is 2.23. The minimum absolute atomic E-state index is 0.0659. The zero-order valence-corrected chi connectivity index (χ0v) is 11.1. The molecule has 0 spiro atoms. The van der Waals surface area contributed by atoms with E-state index < -0.39 is 0 Å². The van der Waals surface area contributed by atoms with E-state index >= 15 is 0 Å². The minimum atomic E-state index is -0.0659. The molecule has 0 bridgehead atoms. The number of para-hydroxylation sites is 2. The minimum Gasteiger partial charge on any atom is -0.484 e. The number of anilines is 1. The molecule has 0 aliphatic carbocycles. The van der Waals surface area contributed by atoms with Crippen molar-refractivity contribution in [1.29, 1.82) is 0 Å². The van der Waals surface area contributed by atoms with E-state index in [4.69, 9.17) is 22.7 Å². The van der Waals surface area contributed by atoms with E-state index in [2.05, 4.69) is 5.32 Å². The van der Waals surface area contributed by atoms with Crippen LogP contribution in [0.2, 0.25) is 0 Å². The molecular formula is C11H14N2O2S2. The molecule has 0 atom stereocenters. The maximum atomic E-state index is 11.5. The molecule has 0 saturated carbocycles. The molecule has 4 nitrogen and oxygen atoms in total. The Labute approximate surface area is 110 Å². The molecule has 3 N–H and O–H groups in total. The highest BCUT2D eigenvalue weighted by atomic mass is 32.2. The lowest BCUT2D eigenvalue weighted by molar-refractivity contribution is -0.113. The number of ether oxygens (including phenoxy) is 1. The van der Waals surface area contributed by atoms with E-state index in [-0.39, 0.29) is 17.5 Å². The van der Waals surface area contributed by atoms with E-state index in [1.165, 1.54) is 11.8 Å². The van der Waals surface area contributed by atoms with E-state index in [1.807, 2.05) is 18.4 Å². The summed E-state index contributed by atoms with van der Waals surface area (Å²) in [7, 11) is 0. The Morgan fingerprint density at radius 3 is 2.88 bits per heavy atom. The van der Waals surface area contributed by atoms with Gasteiger partial charge in [0, 0.05) is 0 Å². The average molecular weight is 270 g/mol. The van der Waals surface area contributed by atoms with Crippen LogP contribution < -0.4 is 15.8 Å². The first-order valence-electron chi connectivity index (χ1n) is 4.92. The van der Waals surface area contributed by atoms with Gasteiger partial charge in [-0.25, -0.2) is 0 Å². The molecule has 0 aliphatic heterocycles. The maximum Gasteiger partial charge on any atom is 0.234 e. The Balaban J connectivity index is 2.70. The summed E-state index contributed by atoms with van der Waals surface area (Å²) in [6.07, 6.45) is 1.87. The smallest absolute Gasteiger partial charge is 0.234 e. The van der Waals surface area contributed by atoms with Crippen LogP contribution in [-0.4, -0.2) is 29.5 Å². The Morgan fingerprint density at radius 1 is 1.53 bits per heavy atom. The van der Waals surface area contributed by atoms with Gasteiger partial charge in [0.1, 0.15) is 17.3 Å². The molecule has 1 rings (SSSR count). The van der Waals surface area contributed by atoms with Gasteiger partial charge in [-0.2, -0.15) is 11.8 Å². The molecule has 1 amide bonds. The maximum absolute atomic E-state index is 11.5. The molecule has 6 heteroatoms. The number of hydrogen-bond donors (Lipinski definition) is 2. The Bertz CT molecular complexity index is 410. The van der Waals surface area contributed by atoms with Gasteiger partial charge in [0.25, 0.3) is 0 Å². The van der Waals surface area contributed by atoms with Gasteiger partial charge in [0.2, 0.25) is 5.91 Å². The van der Waals surface area contributed by atoms with Crippen LogP contribution in [0, 0.1) is 0 Å². The number of thiocarbonyl (C=S) groups is 1. The van der Waals surface area contributed by atoms with Crippen LogP contribution in [0.3, 0.4) is 0 Å². The molecule has 0 radical (unpaired) electrons. The molecule has 0 fully saturated rings. The van der Waals surface area contributed by atoms with Crippen LogP contribution in [0.15, 0.2) is 24.3 Å². The standard InChI is InChI=1S/C11H14N2O2S2/c1-17-7-11(14)13-8-4-2-3-5-9(8)15-6-10(12)16/h2-5H,6-7H2,1H3,(H2,12,16)(H,13,14). The van der Waals surface area contributed by atoms with E-state index in [0.29, 0.717) is 17.2 Å². The van der Waals surface area contributed by atoms with Gasteiger partial charge >= 0.3 is 0 Å². The van der Waals surface area contributed by atoms with Crippen molar-refractivity contribution in [2.24, 2.45) is 5.73 Å². The summed E-state index contributed by atoms with van der Waals surface area (Å²) in [4.78, 5) is 11.7. The van der Waals surface area contributed by atoms with Crippen molar-refractivity contribution in [2.75, 3.05) is 23.9 Å². The third kappa shape index (κ3) is 5.06. The summed E-state index contributed by atoms with van der Waals surface area (Å²) in [5, 5.41) is 2.77. The molecule has 0 heterocycles. The van der Waals surface area contributed by atoms with Crippen molar-refractivity contribution in [3.05, 3.63) is 24.3 Å². The number of nitrogens with one attached hydrogen (secondary N) is 1. The fourth-order valence-corrected chi connectivity index (χ4v) is 1.56. The molecule has 92 valence electrons. The van der Waals surface area contributed by atoms with Crippen molar-refractivity contribution in [3.63, 3.8) is 0 Å². The Morgan fingerprint density at radius 2 is 2.24 bits per heavy atom. The third-order valence-electron chi connectivity index (χ3n) is 1.81. The summed E-state index contributed by atoms with van der Waals surface area (Å²) < 4.78 is 5.39. The van der Waals surface area contributed by atoms with Crippen molar-refractivity contribution in [1.82, 2.24) is 0 Å². The van der Waals surface area contributed by atoms with Gasteiger partial charge in [-0.15, -0.1) is 0 Å². The van der Waals surface area contributed by atoms with Gasteiger partial charge < -0.3 is 15.8 Å². The average Bonchev–Trinajstić information content (AvgIpc) is 2.28. The molecule has 1 aromatic carbocycles. The number of thioether (sulfide) groups is 1. The highest BCUT2D eigenvalue weighted by molar-refractivity contribution is 7.99. The second-order valence-corrected chi connectivity index (χ2v) is 4.62. The number of nitrogens with two attached hydrogens (primary N) is 1. The number of rotatable bonds is 6. The van der Waals surface area contributed by atoms with Crippen LogP contribution in [0.1, 0.15) is 0 Å². The molecule has 0 saturated heterocycles. The summed E-state index contributed by atoms with van der Waals surface area (Å²) in [5.41, 5.74) is 5.98. The van der Waals surface area contributed by atoms with Crippen LogP contribution in [0.5, 0.6) is 5.75 Å². The lowest BCUT2D eigenvalue weighted by atomic mass is 10.3. The zero-order valence-electron chi connectivity index (χ0n) is 9.43. The number of benzene rings is 1. The van der Waals surface area contributed by atoms with Crippen LogP contribution in [0.4, 0.5) is 5.69 Å². The van der Waals surface area contributed by atoms with Crippen molar-refractivity contribution >= 4 is 40.6 Å². The lowest BCUT2D eigenvalue weighted by Gasteiger charge is -2.11. The monoisotopic (exact) mass is 270 g/mol. The summed E-state index contributed by atoms with van der Waals surface area (Å²) in [5.74, 6) is 0.905. The first kappa shape index (κ1) is 13.8. The fraction of sp³-hybridized carbons (Fsp3) is 0.273. The predicted molar refractivity (Wildman–Crippen MR) is 75.7 cm³/mol. The second-order valence-electron chi connectivity index (χ2n) is 3.23. The van der Waals surface area contributed by atoms with E-state index in [1.54, 1.807) is 12.1 Å². The van der Waals surface area contributed by atoms with Crippen molar-refractivity contribution in [2.45, 2.75) is 0 Å². The summed E-state index contributed by atoms with van der Waals surface area (Å²) >= 11 is 6.19. The Hall–Kier alpha value is -1.27. The number of carbonyl (C=O) groups excluding carboxylic acids is 1. The fourth-order valence-electron chi connectivity index (χ4n) is 1.16. The first-order valence-corrected chi connectivity index (χ1v) is 6.72. The van der Waals surface area contributed by atoms with Gasteiger partial charge in [0.15, 0.2) is 0 Å². The molecule has 0 aliphatic rings. The highest BCUT2D eigenvalue weighted by Gasteiger charge is 2.06. The number of amides is 1. The molecule has 0 unspecified atom stereocenters. The molecule has 17 heavy (non-hydrogen) atoms. The summed E-state index contributed by atoms with van der Waals surface area (Å²) in [6, 6.07) is 7.17. The Kier molecular flexibility index (Phi) is 5.79. The van der Waals surface area contributed by atoms with Crippen molar-refractivity contribution < 1.29 is 9.53 Å². The number of hydrogen-bond acceptors (Lipinski definition) is 4. The quantitative estimate of drug-likeness (QED) is 0.770. The third-order valence-corrected chi connectivity index (χ3v) is 2.48. The van der Waals surface area contributed by atoms with Crippen LogP contribution in [0.25, 0.3) is 0 Å². The largest absolute Gasteiger partial charge is 0.484 e. The normalized spacial score (nSPS) is 9.71. The predicted octanol–water partition coefficient (Wildman–Crippen LogP) is 1.65. The van der Waals surface area contributed by atoms with Gasteiger partial charge in [-0.05, 0) is 18.4 Å². The first-order chi connectivity index (χ1) is 8.13. The summed E-state index contributed by atoms with van der Waals surface area (Å²) in [6.45, 7) is 0.157. The zero-order chi connectivity index (χ0) is 12.7. The van der Waals surface area contributed by atoms with Gasteiger partial charge in [0.05, 0.1) is 11.4 Å². The van der Waals surface area contributed by atoms with E-state index in [0.717, 1.165) is 0 Å². The SMILES string of the molecule is CSCC(=O)Nc1ccccc1OCC(N)=S. The van der Waals surface area contributed by atoms with Crippen LogP contribution >= 0.6 is 24.0 Å². The van der Waals surface area contributed by atoms with Gasteiger partial charge in [-0.3, -0.25) is 4.79 Å². The number of carbonyl (C=O) groups is 1. The van der Waals surface area contributed by atoms with Gasteiger partial charge in [-0.1, -0.05) is 24.4 Å². The lowest BCUT2D eigenvalue weighted by Crippen LogP contribution is -2.19. The van der Waals surface area contributed by atoms with Crippen LogP contribution in [-0.2, 0) is 4.79 Å². The van der Waals surface area contributed by atoms with Crippen molar-refractivity contribution in [3.8, 4) is 5.75 Å². The molecule has 0 aromatic heterocycles. The topological polar surface area (TPSA) is 64.3 Å². The van der Waals surface area contributed by atoms with E-state index in [9.17, 15) is 4.79 Å². The molecule has 1 aromatic rings.